The Kier molecular flexibility index (Phi) is 2.43. The van der Waals surface area contributed by atoms with E-state index in [4.69, 9.17) is 0 Å². The Bertz CT molecular complexity index is 387. The minimum atomic E-state index is 0.217. The highest BCUT2D eigenvalue weighted by atomic mass is 16.2. The average Bonchev–Trinajstić information content (AvgIpc) is 2.84. The molecule has 3 rings (SSSR count). The third-order valence-electron chi connectivity index (χ3n) is 4.05. The van der Waals surface area contributed by atoms with Crippen LogP contribution in [-0.4, -0.2) is 11.9 Å². The molecule has 2 heteroatoms. The van der Waals surface area contributed by atoms with Crippen molar-refractivity contribution < 1.29 is 4.79 Å². The van der Waals surface area contributed by atoms with Crippen molar-refractivity contribution in [1.82, 2.24) is 5.32 Å². The van der Waals surface area contributed by atoms with Gasteiger partial charge in [0.1, 0.15) is 0 Å². The van der Waals surface area contributed by atoms with Gasteiger partial charge in [-0.1, -0.05) is 36.8 Å². The van der Waals surface area contributed by atoms with E-state index in [1.165, 1.54) is 24.8 Å². The van der Waals surface area contributed by atoms with E-state index >= 15 is 0 Å². The number of hydrogen-bond donors (Lipinski definition) is 1. The molecule has 0 unspecified atom stereocenters. The number of carbonyl (C=O) groups is 1. The molecule has 0 aromatic heterocycles. The van der Waals surface area contributed by atoms with Crippen molar-refractivity contribution >= 4 is 5.91 Å². The lowest BCUT2D eigenvalue weighted by atomic mass is 9.87. The van der Waals surface area contributed by atoms with Gasteiger partial charge in [0.25, 0.3) is 0 Å². The van der Waals surface area contributed by atoms with Gasteiger partial charge in [0.15, 0.2) is 0 Å². The largest absolute Gasteiger partial charge is 0.353 e. The molecule has 1 aliphatic carbocycles. The van der Waals surface area contributed by atoms with E-state index in [9.17, 15) is 4.79 Å². The molecule has 1 saturated carbocycles. The molecule has 3 atom stereocenters. The molecule has 1 aromatic carbocycles. The molecule has 1 aliphatic heterocycles. The van der Waals surface area contributed by atoms with Crippen LogP contribution in [0.2, 0.25) is 0 Å². The fourth-order valence-corrected chi connectivity index (χ4v) is 3.25. The van der Waals surface area contributed by atoms with Gasteiger partial charge >= 0.3 is 0 Å². The highest BCUT2D eigenvalue weighted by Gasteiger charge is 2.44. The molecule has 0 spiro atoms. The fourth-order valence-electron chi connectivity index (χ4n) is 3.25. The molecular formula is C14H17NO. The van der Waals surface area contributed by atoms with Gasteiger partial charge in [-0.3, -0.25) is 4.79 Å². The maximum atomic E-state index is 11.9. The van der Waals surface area contributed by atoms with E-state index in [1.807, 2.05) is 18.2 Å². The van der Waals surface area contributed by atoms with Crippen molar-refractivity contribution in [3.63, 3.8) is 0 Å². The quantitative estimate of drug-likeness (QED) is 0.804. The summed E-state index contributed by atoms with van der Waals surface area (Å²) in [7, 11) is 0. The molecule has 0 radical (unpaired) electrons. The molecular weight excluding hydrogens is 198 g/mol. The molecule has 1 heterocycles. The minimum absolute atomic E-state index is 0.217. The summed E-state index contributed by atoms with van der Waals surface area (Å²) in [5, 5.41) is 3.15. The summed E-state index contributed by atoms with van der Waals surface area (Å²) < 4.78 is 0. The summed E-state index contributed by atoms with van der Waals surface area (Å²) in [6.45, 7) is 0. The molecule has 1 amide bonds. The minimum Gasteiger partial charge on any atom is -0.353 e. The van der Waals surface area contributed by atoms with E-state index in [0.717, 1.165) is 6.42 Å². The molecule has 1 saturated heterocycles. The summed E-state index contributed by atoms with van der Waals surface area (Å²) in [6, 6.07) is 10.8. The summed E-state index contributed by atoms with van der Waals surface area (Å²) in [6.07, 6.45) is 4.59. The van der Waals surface area contributed by atoms with Crippen LogP contribution in [0.25, 0.3) is 0 Å². The van der Waals surface area contributed by atoms with Crippen LogP contribution in [0.15, 0.2) is 30.3 Å². The van der Waals surface area contributed by atoms with E-state index in [0.29, 0.717) is 12.0 Å². The van der Waals surface area contributed by atoms with Crippen LogP contribution in [0.3, 0.4) is 0 Å². The van der Waals surface area contributed by atoms with Crippen molar-refractivity contribution in [3.8, 4) is 0 Å². The van der Waals surface area contributed by atoms with Gasteiger partial charge in [-0.15, -0.1) is 0 Å². The van der Waals surface area contributed by atoms with Crippen molar-refractivity contribution in [2.75, 3.05) is 0 Å². The van der Waals surface area contributed by atoms with Gasteiger partial charge in [0.05, 0.1) is 0 Å². The van der Waals surface area contributed by atoms with Crippen LogP contribution >= 0.6 is 0 Å². The third kappa shape index (κ3) is 1.62. The number of benzene rings is 1. The molecule has 16 heavy (non-hydrogen) atoms. The lowest BCUT2D eigenvalue weighted by Crippen LogP contribution is -2.26. The lowest BCUT2D eigenvalue weighted by Gasteiger charge is -2.14. The first kappa shape index (κ1) is 9.88. The molecule has 2 aliphatic rings. The molecule has 1 aromatic rings. The van der Waals surface area contributed by atoms with Crippen molar-refractivity contribution in [2.24, 2.45) is 11.8 Å². The Morgan fingerprint density at radius 3 is 2.81 bits per heavy atom. The van der Waals surface area contributed by atoms with Crippen LogP contribution in [0.4, 0.5) is 0 Å². The van der Waals surface area contributed by atoms with E-state index in [1.54, 1.807) is 0 Å². The lowest BCUT2D eigenvalue weighted by molar-refractivity contribution is -0.123. The third-order valence-corrected chi connectivity index (χ3v) is 4.05. The van der Waals surface area contributed by atoms with Gasteiger partial charge in [0, 0.05) is 12.0 Å². The predicted octanol–water partition coefficient (Wildman–Crippen LogP) is 2.14. The Balaban J connectivity index is 1.77. The van der Waals surface area contributed by atoms with E-state index in [-0.39, 0.29) is 11.8 Å². The summed E-state index contributed by atoms with van der Waals surface area (Å²) in [5.74, 6) is 1.08. The van der Waals surface area contributed by atoms with Gasteiger partial charge < -0.3 is 5.32 Å². The molecule has 2 nitrogen and oxygen atoms in total. The van der Waals surface area contributed by atoms with Crippen LogP contribution in [-0.2, 0) is 11.2 Å². The first-order chi connectivity index (χ1) is 7.84. The maximum absolute atomic E-state index is 11.9. The fraction of sp³-hybridized carbons (Fsp3) is 0.500. The zero-order chi connectivity index (χ0) is 11.0. The predicted molar refractivity (Wildman–Crippen MR) is 62.9 cm³/mol. The summed E-state index contributed by atoms with van der Waals surface area (Å²) >= 11 is 0. The second-order valence-corrected chi connectivity index (χ2v) is 5.01. The number of amides is 1. The highest BCUT2D eigenvalue weighted by Crippen LogP contribution is 2.38. The number of nitrogens with one attached hydrogen (secondary N) is 1. The van der Waals surface area contributed by atoms with Crippen LogP contribution in [0, 0.1) is 11.8 Å². The first-order valence-corrected chi connectivity index (χ1v) is 6.19. The number of hydrogen-bond acceptors (Lipinski definition) is 1. The topological polar surface area (TPSA) is 29.1 Å². The van der Waals surface area contributed by atoms with Gasteiger partial charge in [-0.25, -0.2) is 0 Å². The Morgan fingerprint density at radius 1 is 1.19 bits per heavy atom. The van der Waals surface area contributed by atoms with Gasteiger partial charge in [-0.2, -0.15) is 0 Å². The Labute approximate surface area is 96.1 Å². The van der Waals surface area contributed by atoms with Gasteiger partial charge in [0.2, 0.25) is 5.91 Å². The van der Waals surface area contributed by atoms with Crippen LogP contribution < -0.4 is 5.32 Å². The Hall–Kier alpha value is -1.31. The summed E-state index contributed by atoms with van der Waals surface area (Å²) in [4.78, 5) is 11.9. The standard InChI is InChI=1S/C14H17NO/c16-14-12(9-10-5-2-1-3-6-10)11-7-4-8-13(11)15-14/h1-3,5-6,11-13H,4,7-9H2,(H,15,16)/t11-,12-,13+/m1/s1. The van der Waals surface area contributed by atoms with Crippen molar-refractivity contribution in [3.05, 3.63) is 35.9 Å². The number of rotatable bonds is 2. The normalized spacial score (nSPS) is 32.5. The molecule has 0 bridgehead atoms. The Morgan fingerprint density at radius 2 is 2.00 bits per heavy atom. The molecule has 84 valence electrons. The highest BCUT2D eigenvalue weighted by molar-refractivity contribution is 5.82. The smallest absolute Gasteiger partial charge is 0.224 e. The van der Waals surface area contributed by atoms with Crippen LogP contribution in [0.5, 0.6) is 0 Å². The first-order valence-electron chi connectivity index (χ1n) is 6.19. The second kappa shape index (κ2) is 3.93. The van der Waals surface area contributed by atoms with Crippen LogP contribution in [0.1, 0.15) is 24.8 Å². The average molecular weight is 215 g/mol. The second-order valence-electron chi connectivity index (χ2n) is 5.01. The zero-order valence-electron chi connectivity index (χ0n) is 9.36. The maximum Gasteiger partial charge on any atom is 0.224 e. The summed E-state index contributed by atoms with van der Waals surface area (Å²) in [5.41, 5.74) is 1.29. The van der Waals surface area contributed by atoms with E-state index < -0.39 is 0 Å². The monoisotopic (exact) mass is 215 g/mol. The van der Waals surface area contributed by atoms with E-state index in [2.05, 4.69) is 17.4 Å². The number of fused-ring (bicyclic) bond motifs is 1. The van der Waals surface area contributed by atoms with Gasteiger partial charge in [-0.05, 0) is 30.7 Å². The molecule has 1 N–H and O–H groups in total. The van der Waals surface area contributed by atoms with Crippen molar-refractivity contribution in [2.45, 2.75) is 31.7 Å². The van der Waals surface area contributed by atoms with Crippen molar-refractivity contribution in [1.29, 1.82) is 0 Å². The zero-order valence-corrected chi connectivity index (χ0v) is 9.36. The molecule has 2 fully saturated rings. The number of carbonyl (C=O) groups excluding carboxylic acids is 1. The SMILES string of the molecule is O=C1N[C@H]2CCC[C@@H]2[C@H]1Cc1ccccc1.